The van der Waals surface area contributed by atoms with E-state index in [1.807, 2.05) is 12.3 Å². The van der Waals surface area contributed by atoms with Gasteiger partial charge in [0.05, 0.1) is 5.52 Å². The van der Waals surface area contributed by atoms with Crippen LogP contribution in [0.4, 0.5) is 5.82 Å². The molecule has 3 aliphatic rings. The number of anilines is 1. The van der Waals surface area contributed by atoms with E-state index >= 15 is 0 Å². The number of aromatic amines is 1. The quantitative estimate of drug-likeness (QED) is 0.505. The fraction of sp³-hybridized carbons (Fsp3) is 0.370. The first-order valence-electron chi connectivity index (χ1n) is 12.1. The number of nitrogens with zero attached hydrogens (tertiary/aromatic N) is 2. The minimum absolute atomic E-state index is 0.0925. The third-order valence-electron chi connectivity index (χ3n) is 7.34. The number of hydrogen-bond acceptors (Lipinski definition) is 4. The molecule has 6 rings (SSSR count). The van der Waals surface area contributed by atoms with Gasteiger partial charge in [-0.1, -0.05) is 43.2 Å². The molecule has 168 valence electrons. The average molecular weight is 440 g/mol. The van der Waals surface area contributed by atoms with Crippen molar-refractivity contribution in [1.82, 2.24) is 15.5 Å². The van der Waals surface area contributed by atoms with Crippen LogP contribution in [0.3, 0.4) is 0 Å². The number of rotatable bonds is 5. The Morgan fingerprint density at radius 2 is 1.73 bits per heavy atom. The first-order chi connectivity index (χ1) is 16.2. The van der Waals surface area contributed by atoms with Crippen LogP contribution < -0.4 is 10.6 Å². The Hall–Kier alpha value is -3.25. The highest BCUT2D eigenvalue weighted by Gasteiger charge is 2.25. The van der Waals surface area contributed by atoms with Crippen LogP contribution >= 0.6 is 0 Å². The minimum Gasteiger partial charge on any atom is -0.309 e. The number of amides is 1. The molecule has 6 heteroatoms. The molecule has 3 aromatic rings. The zero-order chi connectivity index (χ0) is 22.2. The summed E-state index contributed by atoms with van der Waals surface area (Å²) in [6.45, 7) is 1.10. The second kappa shape index (κ2) is 8.60. The van der Waals surface area contributed by atoms with Crippen molar-refractivity contribution in [3.8, 4) is 11.1 Å². The summed E-state index contributed by atoms with van der Waals surface area (Å²) in [5.41, 5.74) is 6.96. The number of carbonyl (C=O) groups excluding carboxylic acids is 1. The summed E-state index contributed by atoms with van der Waals surface area (Å²) >= 11 is 0. The Bertz CT molecular complexity index is 1240. The van der Waals surface area contributed by atoms with Gasteiger partial charge in [0.2, 0.25) is 5.91 Å². The number of benzene rings is 2. The molecule has 2 aromatic carbocycles. The first kappa shape index (κ1) is 20.4. The van der Waals surface area contributed by atoms with E-state index in [0.29, 0.717) is 11.9 Å². The van der Waals surface area contributed by atoms with Crippen molar-refractivity contribution >= 4 is 33.9 Å². The normalized spacial score (nSPS) is 20.9. The maximum atomic E-state index is 12.6. The molecule has 6 nitrogen and oxygen atoms in total. The lowest BCUT2D eigenvalue weighted by atomic mass is 9.96. The number of allylic oxidation sites excluding steroid dienone is 1. The van der Waals surface area contributed by atoms with Crippen LogP contribution in [-0.4, -0.2) is 34.4 Å². The molecule has 1 saturated carbocycles. The molecule has 2 fully saturated rings. The van der Waals surface area contributed by atoms with Crippen LogP contribution in [0.15, 0.2) is 53.7 Å². The molecule has 2 aliphatic heterocycles. The van der Waals surface area contributed by atoms with Gasteiger partial charge >= 0.3 is 0 Å². The Kier molecular flexibility index (Phi) is 5.30. The lowest BCUT2D eigenvalue weighted by Gasteiger charge is -2.11. The fourth-order valence-corrected chi connectivity index (χ4v) is 5.38. The molecule has 1 aromatic heterocycles. The van der Waals surface area contributed by atoms with E-state index in [0.717, 1.165) is 60.7 Å². The van der Waals surface area contributed by atoms with Crippen molar-refractivity contribution < 1.29 is 4.79 Å². The van der Waals surface area contributed by atoms with Crippen molar-refractivity contribution in [2.75, 3.05) is 11.9 Å². The Morgan fingerprint density at radius 1 is 0.939 bits per heavy atom. The third-order valence-corrected chi connectivity index (χ3v) is 7.34. The van der Waals surface area contributed by atoms with Crippen molar-refractivity contribution in [1.29, 1.82) is 0 Å². The summed E-state index contributed by atoms with van der Waals surface area (Å²) in [6.07, 6.45) is 9.63. The maximum absolute atomic E-state index is 12.6. The third kappa shape index (κ3) is 4.00. The molecule has 1 aliphatic carbocycles. The lowest BCUT2D eigenvalue weighted by molar-refractivity contribution is -0.119. The number of carbonyl (C=O) groups is 1. The van der Waals surface area contributed by atoms with E-state index in [-0.39, 0.29) is 11.8 Å². The van der Waals surface area contributed by atoms with E-state index in [4.69, 9.17) is 4.99 Å². The Balaban J connectivity index is 1.19. The second-order valence-corrected chi connectivity index (χ2v) is 9.48. The fourth-order valence-electron chi connectivity index (χ4n) is 5.38. The van der Waals surface area contributed by atoms with Gasteiger partial charge in [0, 0.05) is 35.7 Å². The molecular formula is C27H29N5O. The molecule has 0 bridgehead atoms. The number of fused-ring (bicyclic) bond motifs is 1. The summed E-state index contributed by atoms with van der Waals surface area (Å²) in [5, 5.41) is 15.0. The number of H-pyrrole nitrogens is 1. The predicted octanol–water partition coefficient (Wildman–Crippen LogP) is 5.30. The van der Waals surface area contributed by atoms with Gasteiger partial charge in [0.25, 0.3) is 0 Å². The molecule has 0 spiro atoms. The van der Waals surface area contributed by atoms with Crippen LogP contribution in [0.25, 0.3) is 27.6 Å². The number of nitrogens with one attached hydrogen (secondary N) is 3. The van der Waals surface area contributed by atoms with Gasteiger partial charge in [-0.15, -0.1) is 0 Å². The van der Waals surface area contributed by atoms with Crippen molar-refractivity contribution in [3.05, 3.63) is 54.2 Å². The Labute approximate surface area is 193 Å². The summed E-state index contributed by atoms with van der Waals surface area (Å²) < 4.78 is 0. The zero-order valence-corrected chi connectivity index (χ0v) is 18.7. The van der Waals surface area contributed by atoms with Crippen LogP contribution in [-0.2, 0) is 4.79 Å². The molecule has 1 saturated heterocycles. The maximum Gasteiger partial charge on any atom is 0.228 e. The SMILES string of the molecule is O=C(Nc1n[nH]c2ccc(-c3ccc(C4=CN=C([C@@H]5CCCN5)C4)cc3)cc12)C1CCCC1. The van der Waals surface area contributed by atoms with E-state index in [1.54, 1.807) is 0 Å². The van der Waals surface area contributed by atoms with Gasteiger partial charge in [0.15, 0.2) is 5.82 Å². The highest BCUT2D eigenvalue weighted by molar-refractivity contribution is 6.03. The predicted molar refractivity (Wildman–Crippen MR) is 133 cm³/mol. The van der Waals surface area contributed by atoms with Gasteiger partial charge in [-0.2, -0.15) is 5.10 Å². The van der Waals surface area contributed by atoms with Crippen molar-refractivity contribution in [2.45, 2.75) is 51.0 Å². The highest BCUT2D eigenvalue weighted by Crippen LogP contribution is 2.32. The second-order valence-electron chi connectivity index (χ2n) is 9.48. The van der Waals surface area contributed by atoms with E-state index in [2.05, 4.69) is 57.2 Å². The van der Waals surface area contributed by atoms with Crippen LogP contribution in [0.1, 0.15) is 50.5 Å². The zero-order valence-electron chi connectivity index (χ0n) is 18.7. The van der Waals surface area contributed by atoms with Gasteiger partial charge < -0.3 is 10.6 Å². The van der Waals surface area contributed by atoms with Crippen molar-refractivity contribution in [3.63, 3.8) is 0 Å². The minimum atomic E-state index is 0.0925. The number of aromatic nitrogens is 2. The number of hydrogen-bond donors (Lipinski definition) is 3. The highest BCUT2D eigenvalue weighted by atomic mass is 16.2. The van der Waals surface area contributed by atoms with Crippen LogP contribution in [0, 0.1) is 5.92 Å². The summed E-state index contributed by atoms with van der Waals surface area (Å²) in [4.78, 5) is 17.3. The molecule has 3 heterocycles. The molecule has 0 radical (unpaired) electrons. The van der Waals surface area contributed by atoms with Gasteiger partial charge in [-0.05, 0) is 66.6 Å². The smallest absolute Gasteiger partial charge is 0.228 e. The summed E-state index contributed by atoms with van der Waals surface area (Å²) in [7, 11) is 0. The first-order valence-corrected chi connectivity index (χ1v) is 12.1. The topological polar surface area (TPSA) is 82.2 Å². The average Bonchev–Trinajstić information content (AvgIpc) is 3.66. The summed E-state index contributed by atoms with van der Waals surface area (Å²) in [6, 6.07) is 15.4. The van der Waals surface area contributed by atoms with Gasteiger partial charge in [-0.25, -0.2) is 0 Å². The number of aliphatic imine (C=N–C) groups is 1. The summed E-state index contributed by atoms with van der Waals surface area (Å²) in [5.74, 6) is 0.836. The Morgan fingerprint density at radius 3 is 2.52 bits per heavy atom. The lowest BCUT2D eigenvalue weighted by Crippen LogP contribution is -2.29. The van der Waals surface area contributed by atoms with Crippen LogP contribution in [0.5, 0.6) is 0 Å². The molecular weight excluding hydrogens is 410 g/mol. The van der Waals surface area contributed by atoms with Gasteiger partial charge in [0.1, 0.15) is 0 Å². The monoisotopic (exact) mass is 439 g/mol. The molecule has 1 amide bonds. The molecule has 33 heavy (non-hydrogen) atoms. The standard InChI is InChI=1S/C27H29N5O/c33-27(19-4-1-2-5-19)30-26-22-14-20(11-12-23(22)31-32-26)17-7-9-18(10-8-17)21-15-25(29-16-21)24-6-3-13-28-24/h7-12,14,16,19,24,28H,1-6,13,15H2,(H2,30,31,32,33)/t24-/m0/s1. The molecule has 1 atom stereocenters. The van der Waals surface area contributed by atoms with Gasteiger partial charge in [-0.3, -0.25) is 14.9 Å². The molecule has 3 N–H and O–H groups in total. The van der Waals surface area contributed by atoms with E-state index < -0.39 is 0 Å². The van der Waals surface area contributed by atoms with E-state index in [9.17, 15) is 4.79 Å². The largest absolute Gasteiger partial charge is 0.309 e. The molecule has 0 unspecified atom stereocenters. The van der Waals surface area contributed by atoms with E-state index in [1.165, 1.54) is 29.7 Å². The van der Waals surface area contributed by atoms with Crippen LogP contribution in [0.2, 0.25) is 0 Å². The van der Waals surface area contributed by atoms with Crippen molar-refractivity contribution in [2.24, 2.45) is 10.9 Å².